The number of methoxy groups -OCH3 is 1. The summed E-state index contributed by atoms with van der Waals surface area (Å²) in [6, 6.07) is 2.75. The SMILES string of the molecule is CCCn1nc(C(=O)N(CC)CCC(=O)OC)ccc1=O. The van der Waals surface area contributed by atoms with Crippen LogP contribution < -0.4 is 5.56 Å². The third-order valence-electron chi connectivity index (χ3n) is 3.00. The van der Waals surface area contributed by atoms with E-state index in [1.165, 1.54) is 28.8 Å². The van der Waals surface area contributed by atoms with Gasteiger partial charge in [-0.05, 0) is 19.4 Å². The molecule has 1 rings (SSSR count). The first-order valence-electron chi connectivity index (χ1n) is 6.97. The van der Waals surface area contributed by atoms with Crippen molar-refractivity contribution in [3.05, 3.63) is 28.2 Å². The van der Waals surface area contributed by atoms with E-state index in [-0.39, 0.29) is 36.1 Å². The number of aryl methyl sites for hydroxylation is 1. The number of amides is 1. The van der Waals surface area contributed by atoms with Crippen LogP contribution in [0, 0.1) is 0 Å². The summed E-state index contributed by atoms with van der Waals surface area (Å²) in [6.45, 7) is 4.92. The second-order valence-corrected chi connectivity index (χ2v) is 4.49. The largest absolute Gasteiger partial charge is 0.469 e. The van der Waals surface area contributed by atoms with Crippen LogP contribution in [0.3, 0.4) is 0 Å². The van der Waals surface area contributed by atoms with Gasteiger partial charge in [-0.15, -0.1) is 0 Å². The van der Waals surface area contributed by atoms with Gasteiger partial charge in [0.05, 0.1) is 13.5 Å². The van der Waals surface area contributed by atoms with Gasteiger partial charge in [0.1, 0.15) is 5.69 Å². The Balaban J connectivity index is 2.87. The number of rotatable bonds is 7. The topological polar surface area (TPSA) is 81.5 Å². The molecule has 0 fully saturated rings. The average molecular weight is 295 g/mol. The van der Waals surface area contributed by atoms with Gasteiger partial charge in [0.25, 0.3) is 11.5 Å². The Morgan fingerprint density at radius 3 is 2.62 bits per heavy atom. The monoisotopic (exact) mass is 295 g/mol. The molecule has 7 heteroatoms. The lowest BCUT2D eigenvalue weighted by Crippen LogP contribution is -2.35. The summed E-state index contributed by atoms with van der Waals surface area (Å²) >= 11 is 0. The molecule has 0 spiro atoms. The molecule has 0 aromatic carbocycles. The predicted octanol–water partition coefficient (Wildman–Crippen LogP) is 0.678. The van der Waals surface area contributed by atoms with Crippen molar-refractivity contribution in [3.8, 4) is 0 Å². The maximum atomic E-state index is 12.3. The molecule has 21 heavy (non-hydrogen) atoms. The minimum Gasteiger partial charge on any atom is -0.469 e. The molecule has 0 atom stereocenters. The van der Waals surface area contributed by atoms with Crippen molar-refractivity contribution in [1.29, 1.82) is 0 Å². The third-order valence-corrected chi connectivity index (χ3v) is 3.00. The van der Waals surface area contributed by atoms with Gasteiger partial charge < -0.3 is 9.64 Å². The maximum absolute atomic E-state index is 12.3. The first kappa shape index (κ1) is 16.9. The Morgan fingerprint density at radius 2 is 2.05 bits per heavy atom. The van der Waals surface area contributed by atoms with Crippen molar-refractivity contribution in [1.82, 2.24) is 14.7 Å². The molecule has 0 saturated heterocycles. The molecule has 0 aliphatic rings. The zero-order chi connectivity index (χ0) is 15.8. The Bertz CT molecular complexity index is 553. The highest BCUT2D eigenvalue weighted by Gasteiger charge is 2.17. The van der Waals surface area contributed by atoms with E-state index in [1.807, 2.05) is 13.8 Å². The van der Waals surface area contributed by atoms with E-state index in [2.05, 4.69) is 9.84 Å². The van der Waals surface area contributed by atoms with Gasteiger partial charge >= 0.3 is 5.97 Å². The van der Waals surface area contributed by atoms with Crippen molar-refractivity contribution in [3.63, 3.8) is 0 Å². The molecular weight excluding hydrogens is 274 g/mol. The quantitative estimate of drug-likeness (QED) is 0.691. The lowest BCUT2D eigenvalue weighted by molar-refractivity contribution is -0.140. The Hall–Kier alpha value is -2.18. The van der Waals surface area contributed by atoms with Crippen LogP contribution in [0.2, 0.25) is 0 Å². The van der Waals surface area contributed by atoms with E-state index in [4.69, 9.17) is 0 Å². The number of aromatic nitrogens is 2. The number of esters is 1. The number of nitrogens with zero attached hydrogens (tertiary/aromatic N) is 3. The van der Waals surface area contributed by atoms with Crippen LogP contribution >= 0.6 is 0 Å². The van der Waals surface area contributed by atoms with Crippen molar-refractivity contribution < 1.29 is 14.3 Å². The predicted molar refractivity (Wildman–Crippen MR) is 77.0 cm³/mol. The molecule has 1 aromatic heterocycles. The minimum absolute atomic E-state index is 0.130. The van der Waals surface area contributed by atoms with E-state index >= 15 is 0 Å². The Kier molecular flexibility index (Phi) is 6.58. The molecule has 0 bridgehead atoms. The zero-order valence-corrected chi connectivity index (χ0v) is 12.7. The van der Waals surface area contributed by atoms with Crippen molar-refractivity contribution in [2.75, 3.05) is 20.2 Å². The lowest BCUT2D eigenvalue weighted by atomic mass is 10.3. The molecule has 0 aliphatic carbocycles. The second-order valence-electron chi connectivity index (χ2n) is 4.49. The van der Waals surface area contributed by atoms with Crippen LogP contribution in [0.25, 0.3) is 0 Å². The van der Waals surface area contributed by atoms with Crippen molar-refractivity contribution >= 4 is 11.9 Å². The molecule has 116 valence electrons. The Labute approximate surface area is 123 Å². The minimum atomic E-state index is -0.370. The molecule has 0 radical (unpaired) electrons. The smallest absolute Gasteiger partial charge is 0.307 e. The summed E-state index contributed by atoms with van der Waals surface area (Å²) in [6.07, 6.45) is 0.884. The first-order chi connectivity index (χ1) is 10.0. The molecule has 0 N–H and O–H groups in total. The summed E-state index contributed by atoms with van der Waals surface area (Å²) in [5.41, 5.74) is -0.0271. The van der Waals surface area contributed by atoms with Crippen molar-refractivity contribution in [2.45, 2.75) is 33.2 Å². The summed E-state index contributed by atoms with van der Waals surface area (Å²) in [5, 5.41) is 4.07. The number of carbonyl (C=O) groups is 2. The van der Waals surface area contributed by atoms with Crippen LogP contribution in [0.5, 0.6) is 0 Å². The highest BCUT2D eigenvalue weighted by atomic mass is 16.5. The third kappa shape index (κ3) is 4.70. The fourth-order valence-corrected chi connectivity index (χ4v) is 1.83. The summed E-state index contributed by atoms with van der Waals surface area (Å²) in [7, 11) is 1.31. The van der Waals surface area contributed by atoms with E-state index in [9.17, 15) is 14.4 Å². The van der Waals surface area contributed by atoms with Gasteiger partial charge in [-0.1, -0.05) is 6.92 Å². The van der Waals surface area contributed by atoms with Crippen LogP contribution in [0.4, 0.5) is 0 Å². The number of carbonyl (C=O) groups excluding carboxylic acids is 2. The van der Waals surface area contributed by atoms with Crippen molar-refractivity contribution in [2.24, 2.45) is 0 Å². The molecular formula is C14H21N3O4. The van der Waals surface area contributed by atoms with Crippen LogP contribution in [0.15, 0.2) is 16.9 Å². The highest BCUT2D eigenvalue weighted by molar-refractivity contribution is 5.92. The molecule has 0 aliphatic heterocycles. The molecule has 0 unspecified atom stereocenters. The average Bonchev–Trinajstić information content (AvgIpc) is 2.49. The van der Waals surface area contributed by atoms with E-state index in [1.54, 1.807) is 0 Å². The maximum Gasteiger partial charge on any atom is 0.307 e. The fourth-order valence-electron chi connectivity index (χ4n) is 1.83. The fraction of sp³-hybridized carbons (Fsp3) is 0.571. The van der Waals surface area contributed by atoms with Gasteiger partial charge in [-0.25, -0.2) is 4.68 Å². The van der Waals surface area contributed by atoms with E-state index in [0.717, 1.165) is 6.42 Å². The van der Waals surface area contributed by atoms with Gasteiger partial charge in [-0.2, -0.15) is 5.10 Å². The normalized spacial score (nSPS) is 10.2. The molecule has 7 nitrogen and oxygen atoms in total. The van der Waals surface area contributed by atoms with Crippen LogP contribution in [0.1, 0.15) is 37.2 Å². The summed E-state index contributed by atoms with van der Waals surface area (Å²) in [4.78, 5) is 36.6. The van der Waals surface area contributed by atoms with E-state index < -0.39 is 0 Å². The summed E-state index contributed by atoms with van der Waals surface area (Å²) in [5.74, 6) is -0.670. The Morgan fingerprint density at radius 1 is 1.33 bits per heavy atom. The van der Waals surface area contributed by atoms with Crippen LogP contribution in [-0.2, 0) is 16.1 Å². The van der Waals surface area contributed by atoms with Gasteiger partial charge in [0.2, 0.25) is 0 Å². The molecule has 0 saturated carbocycles. The number of hydrogen-bond donors (Lipinski definition) is 0. The van der Waals surface area contributed by atoms with E-state index in [0.29, 0.717) is 13.1 Å². The number of hydrogen-bond acceptors (Lipinski definition) is 5. The second kappa shape index (κ2) is 8.18. The van der Waals surface area contributed by atoms with Gasteiger partial charge in [0.15, 0.2) is 0 Å². The zero-order valence-electron chi connectivity index (χ0n) is 12.7. The molecule has 1 heterocycles. The highest BCUT2D eigenvalue weighted by Crippen LogP contribution is 2.02. The molecule has 1 amide bonds. The lowest BCUT2D eigenvalue weighted by Gasteiger charge is -2.20. The standard InChI is InChI=1S/C14H21N3O4/c1-4-9-17-12(18)7-6-11(15-17)14(20)16(5-2)10-8-13(19)21-3/h6-7H,4-5,8-10H2,1-3H3. The molecule has 1 aromatic rings. The van der Waals surface area contributed by atoms with Gasteiger partial charge in [-0.3, -0.25) is 14.4 Å². The van der Waals surface area contributed by atoms with Crippen LogP contribution in [-0.4, -0.2) is 46.8 Å². The van der Waals surface area contributed by atoms with Gasteiger partial charge in [0, 0.05) is 25.7 Å². The first-order valence-corrected chi connectivity index (χ1v) is 6.97. The number of ether oxygens (including phenoxy) is 1. The summed E-state index contributed by atoms with van der Waals surface area (Å²) < 4.78 is 5.84.